The number of halogens is 1. The molecule has 1 saturated heterocycles. The van der Waals surface area contributed by atoms with Crippen LogP contribution < -0.4 is 5.32 Å². The van der Waals surface area contributed by atoms with E-state index in [0.717, 1.165) is 36.7 Å². The van der Waals surface area contributed by atoms with E-state index in [-0.39, 0.29) is 6.10 Å². The van der Waals surface area contributed by atoms with Gasteiger partial charge in [0.15, 0.2) is 0 Å². The first-order valence-corrected chi connectivity index (χ1v) is 5.71. The van der Waals surface area contributed by atoms with Crippen LogP contribution in [-0.4, -0.2) is 25.8 Å². The van der Waals surface area contributed by atoms with Gasteiger partial charge in [0.05, 0.1) is 12.7 Å². The molecule has 15 heavy (non-hydrogen) atoms. The summed E-state index contributed by atoms with van der Waals surface area (Å²) in [5.74, 6) is 0. The van der Waals surface area contributed by atoms with Gasteiger partial charge in [0.2, 0.25) is 0 Å². The van der Waals surface area contributed by atoms with Crippen LogP contribution in [0.5, 0.6) is 0 Å². The van der Waals surface area contributed by atoms with Crippen molar-refractivity contribution >= 4 is 11.6 Å². The van der Waals surface area contributed by atoms with Crippen molar-refractivity contribution in [3.05, 3.63) is 34.3 Å². The summed E-state index contributed by atoms with van der Waals surface area (Å²) in [6.07, 6.45) is 1.23. The highest BCUT2D eigenvalue weighted by atomic mass is 35.5. The fourth-order valence-corrected chi connectivity index (χ4v) is 1.98. The molecule has 1 N–H and O–H groups in total. The molecule has 0 spiro atoms. The average molecular weight is 226 g/mol. The van der Waals surface area contributed by atoms with E-state index >= 15 is 0 Å². The first-order chi connectivity index (χ1) is 7.25. The van der Waals surface area contributed by atoms with Gasteiger partial charge in [-0.25, -0.2) is 0 Å². The Labute approximate surface area is 95.6 Å². The Balaban J connectivity index is 2.00. The first kappa shape index (κ1) is 10.9. The van der Waals surface area contributed by atoms with E-state index in [1.807, 2.05) is 13.0 Å². The maximum absolute atomic E-state index is 6.08. The molecule has 0 aromatic heterocycles. The van der Waals surface area contributed by atoms with E-state index in [1.165, 1.54) is 5.56 Å². The molecule has 0 bridgehead atoms. The molecule has 82 valence electrons. The highest BCUT2D eigenvalue weighted by molar-refractivity contribution is 6.31. The van der Waals surface area contributed by atoms with E-state index in [2.05, 4.69) is 17.4 Å². The minimum atomic E-state index is 0.289. The number of hydrogen-bond acceptors (Lipinski definition) is 2. The number of rotatable bonds is 2. The monoisotopic (exact) mass is 225 g/mol. The topological polar surface area (TPSA) is 21.3 Å². The molecule has 0 radical (unpaired) electrons. The van der Waals surface area contributed by atoms with Crippen molar-refractivity contribution in [2.45, 2.75) is 19.4 Å². The molecular formula is C12H16ClNO. The Morgan fingerprint density at radius 3 is 3.07 bits per heavy atom. The van der Waals surface area contributed by atoms with Crippen molar-refractivity contribution in [2.24, 2.45) is 0 Å². The lowest BCUT2D eigenvalue weighted by atomic mass is 10.1. The normalized spacial score (nSPS) is 21.6. The van der Waals surface area contributed by atoms with Gasteiger partial charge in [0.25, 0.3) is 0 Å². The van der Waals surface area contributed by atoms with Crippen LogP contribution in [0.15, 0.2) is 18.2 Å². The van der Waals surface area contributed by atoms with Gasteiger partial charge in [-0.15, -0.1) is 0 Å². The summed E-state index contributed by atoms with van der Waals surface area (Å²) >= 11 is 6.08. The summed E-state index contributed by atoms with van der Waals surface area (Å²) in [5.41, 5.74) is 2.38. The SMILES string of the molecule is Cc1ccc(CC2CNCCO2)cc1Cl. The zero-order valence-electron chi connectivity index (χ0n) is 8.92. The lowest BCUT2D eigenvalue weighted by Crippen LogP contribution is -2.39. The van der Waals surface area contributed by atoms with Gasteiger partial charge in [-0.1, -0.05) is 23.7 Å². The third-order valence-electron chi connectivity index (χ3n) is 2.70. The van der Waals surface area contributed by atoms with Gasteiger partial charge in [-0.3, -0.25) is 0 Å². The third-order valence-corrected chi connectivity index (χ3v) is 3.11. The third kappa shape index (κ3) is 2.94. The number of ether oxygens (including phenoxy) is 1. The van der Waals surface area contributed by atoms with Crippen LogP contribution in [0.2, 0.25) is 5.02 Å². The van der Waals surface area contributed by atoms with Gasteiger partial charge in [-0.05, 0) is 30.5 Å². The van der Waals surface area contributed by atoms with Crippen LogP contribution in [-0.2, 0) is 11.2 Å². The molecule has 1 unspecified atom stereocenters. The second-order valence-electron chi connectivity index (χ2n) is 3.98. The Morgan fingerprint density at radius 1 is 1.53 bits per heavy atom. The van der Waals surface area contributed by atoms with Crippen LogP contribution in [0.3, 0.4) is 0 Å². The quantitative estimate of drug-likeness (QED) is 0.833. The van der Waals surface area contributed by atoms with E-state index in [1.54, 1.807) is 0 Å². The van der Waals surface area contributed by atoms with Crippen molar-refractivity contribution in [2.75, 3.05) is 19.7 Å². The first-order valence-electron chi connectivity index (χ1n) is 5.33. The molecule has 1 atom stereocenters. The van der Waals surface area contributed by atoms with Crippen LogP contribution in [0, 0.1) is 6.92 Å². The maximum Gasteiger partial charge on any atom is 0.0740 e. The molecule has 0 saturated carbocycles. The summed E-state index contributed by atoms with van der Waals surface area (Å²) in [7, 11) is 0. The van der Waals surface area contributed by atoms with Crippen molar-refractivity contribution in [1.82, 2.24) is 5.32 Å². The Bertz CT molecular complexity index is 334. The lowest BCUT2D eigenvalue weighted by molar-refractivity contribution is 0.0292. The predicted molar refractivity (Wildman–Crippen MR) is 62.5 cm³/mol. The number of hydrogen-bond donors (Lipinski definition) is 1. The Morgan fingerprint density at radius 2 is 2.40 bits per heavy atom. The van der Waals surface area contributed by atoms with Crippen molar-refractivity contribution in [1.29, 1.82) is 0 Å². The molecule has 3 heteroatoms. The fourth-order valence-electron chi connectivity index (χ4n) is 1.78. The van der Waals surface area contributed by atoms with Crippen molar-refractivity contribution < 1.29 is 4.74 Å². The number of morpholine rings is 1. The number of nitrogens with one attached hydrogen (secondary N) is 1. The minimum absolute atomic E-state index is 0.289. The standard InChI is InChI=1S/C12H16ClNO/c1-9-2-3-10(7-12(9)13)6-11-8-14-4-5-15-11/h2-3,7,11,14H,4-6,8H2,1H3. The van der Waals surface area contributed by atoms with Gasteiger partial charge < -0.3 is 10.1 Å². The highest BCUT2D eigenvalue weighted by Gasteiger charge is 2.13. The van der Waals surface area contributed by atoms with E-state index < -0.39 is 0 Å². The molecule has 1 fully saturated rings. The van der Waals surface area contributed by atoms with Crippen LogP contribution in [0.25, 0.3) is 0 Å². The second kappa shape index (κ2) is 4.97. The highest BCUT2D eigenvalue weighted by Crippen LogP contribution is 2.18. The molecular weight excluding hydrogens is 210 g/mol. The van der Waals surface area contributed by atoms with E-state index in [9.17, 15) is 0 Å². The van der Waals surface area contributed by atoms with Crippen LogP contribution >= 0.6 is 11.6 Å². The van der Waals surface area contributed by atoms with Crippen molar-refractivity contribution in [3.8, 4) is 0 Å². The molecule has 1 aliphatic rings. The molecule has 1 aromatic rings. The van der Waals surface area contributed by atoms with E-state index in [4.69, 9.17) is 16.3 Å². The lowest BCUT2D eigenvalue weighted by Gasteiger charge is -2.23. The zero-order valence-corrected chi connectivity index (χ0v) is 9.68. The molecule has 0 aliphatic carbocycles. The maximum atomic E-state index is 6.08. The second-order valence-corrected chi connectivity index (χ2v) is 4.39. The van der Waals surface area contributed by atoms with Crippen LogP contribution in [0.1, 0.15) is 11.1 Å². The molecule has 2 nitrogen and oxygen atoms in total. The predicted octanol–water partition coefficient (Wildman–Crippen LogP) is 2.18. The summed E-state index contributed by atoms with van der Waals surface area (Å²) in [5, 5.41) is 4.17. The van der Waals surface area contributed by atoms with Gasteiger partial charge in [-0.2, -0.15) is 0 Å². The van der Waals surface area contributed by atoms with Gasteiger partial charge in [0, 0.05) is 18.1 Å². The van der Waals surface area contributed by atoms with Gasteiger partial charge >= 0.3 is 0 Å². The summed E-state index contributed by atoms with van der Waals surface area (Å²) < 4.78 is 5.65. The molecule has 1 aliphatic heterocycles. The average Bonchev–Trinajstić information content (AvgIpc) is 2.25. The summed E-state index contributed by atoms with van der Waals surface area (Å²) in [4.78, 5) is 0. The summed E-state index contributed by atoms with van der Waals surface area (Å²) in [6.45, 7) is 4.73. The fraction of sp³-hybridized carbons (Fsp3) is 0.500. The Hall–Kier alpha value is -0.570. The van der Waals surface area contributed by atoms with Crippen LogP contribution in [0.4, 0.5) is 0 Å². The smallest absolute Gasteiger partial charge is 0.0740 e. The number of benzene rings is 1. The molecule has 2 rings (SSSR count). The number of aryl methyl sites for hydroxylation is 1. The molecule has 1 aromatic carbocycles. The van der Waals surface area contributed by atoms with Gasteiger partial charge in [0.1, 0.15) is 0 Å². The van der Waals surface area contributed by atoms with E-state index in [0.29, 0.717) is 0 Å². The Kier molecular flexibility index (Phi) is 3.62. The summed E-state index contributed by atoms with van der Waals surface area (Å²) in [6, 6.07) is 6.22. The largest absolute Gasteiger partial charge is 0.375 e. The molecule has 1 heterocycles. The molecule has 0 amide bonds. The van der Waals surface area contributed by atoms with Crippen molar-refractivity contribution in [3.63, 3.8) is 0 Å². The minimum Gasteiger partial charge on any atom is -0.375 e. The zero-order chi connectivity index (χ0) is 10.7.